The van der Waals surface area contributed by atoms with Crippen LogP contribution in [-0.4, -0.2) is 56.6 Å². The lowest BCUT2D eigenvalue weighted by Gasteiger charge is -2.24. The Morgan fingerprint density at radius 2 is 2.30 bits per heavy atom. The van der Waals surface area contributed by atoms with E-state index in [1.807, 2.05) is 25.2 Å². The minimum absolute atomic E-state index is 0.346. The molecular formula is C15H20ClNO3. The smallest absolute Gasteiger partial charge is 0.127 e. The topological polar surface area (TPSA) is 41.9 Å². The molecule has 20 heavy (non-hydrogen) atoms. The molecule has 1 heterocycles. The summed E-state index contributed by atoms with van der Waals surface area (Å²) in [6.45, 7) is 2.22. The van der Waals surface area contributed by atoms with E-state index in [1.54, 1.807) is 7.11 Å². The van der Waals surface area contributed by atoms with Crippen molar-refractivity contribution in [1.82, 2.24) is 4.90 Å². The molecule has 1 atom stereocenters. The number of ether oxygens (including phenoxy) is 2. The molecule has 4 nitrogen and oxygen atoms in total. The largest absolute Gasteiger partial charge is 0.489 e. The number of hydrogen-bond acceptors (Lipinski definition) is 4. The van der Waals surface area contributed by atoms with Crippen molar-refractivity contribution in [3.63, 3.8) is 0 Å². The maximum Gasteiger partial charge on any atom is 0.127 e. The fraction of sp³-hybridized carbons (Fsp3) is 0.467. The molecule has 1 aliphatic heterocycles. The van der Waals surface area contributed by atoms with Gasteiger partial charge in [-0.05, 0) is 36.9 Å². The van der Waals surface area contributed by atoms with Crippen LogP contribution in [0.25, 0.3) is 6.08 Å². The van der Waals surface area contributed by atoms with E-state index in [-0.39, 0.29) is 0 Å². The van der Waals surface area contributed by atoms with Gasteiger partial charge < -0.3 is 14.6 Å². The van der Waals surface area contributed by atoms with Crippen LogP contribution >= 0.6 is 11.6 Å². The Bertz CT molecular complexity index is 490. The van der Waals surface area contributed by atoms with Gasteiger partial charge in [0.2, 0.25) is 0 Å². The Labute approximate surface area is 124 Å². The van der Waals surface area contributed by atoms with Crippen molar-refractivity contribution in [2.24, 2.45) is 0 Å². The molecule has 1 N–H and O–H groups in total. The first-order valence-corrected chi connectivity index (χ1v) is 6.93. The molecule has 1 aliphatic rings. The third kappa shape index (κ3) is 4.21. The van der Waals surface area contributed by atoms with Crippen molar-refractivity contribution in [3.8, 4) is 5.75 Å². The first-order valence-electron chi connectivity index (χ1n) is 6.56. The Morgan fingerprint density at radius 3 is 3.05 bits per heavy atom. The first-order chi connectivity index (χ1) is 9.58. The molecule has 0 bridgehead atoms. The number of aliphatic hydroxyl groups excluding tert-OH is 1. The maximum absolute atomic E-state index is 9.71. The van der Waals surface area contributed by atoms with Gasteiger partial charge in [0.1, 0.15) is 12.4 Å². The SMILES string of the molecule is COCC(O)CN(C)CC1=Cc2cc(Cl)ccc2OC1. The second kappa shape index (κ2) is 7.09. The van der Waals surface area contributed by atoms with Gasteiger partial charge in [-0.15, -0.1) is 0 Å². The molecule has 0 fully saturated rings. The Balaban J connectivity index is 1.97. The highest BCUT2D eigenvalue weighted by molar-refractivity contribution is 6.30. The highest BCUT2D eigenvalue weighted by Gasteiger charge is 2.14. The summed E-state index contributed by atoms with van der Waals surface area (Å²) in [4.78, 5) is 2.05. The van der Waals surface area contributed by atoms with Gasteiger partial charge in [-0.1, -0.05) is 11.6 Å². The van der Waals surface area contributed by atoms with E-state index in [9.17, 15) is 5.11 Å². The zero-order valence-corrected chi connectivity index (χ0v) is 12.6. The predicted molar refractivity (Wildman–Crippen MR) is 80.3 cm³/mol. The van der Waals surface area contributed by atoms with Gasteiger partial charge in [0.05, 0.1) is 12.7 Å². The average Bonchev–Trinajstić information content (AvgIpc) is 2.38. The van der Waals surface area contributed by atoms with Crippen LogP contribution < -0.4 is 4.74 Å². The number of halogens is 1. The third-order valence-electron chi connectivity index (χ3n) is 3.10. The summed E-state index contributed by atoms with van der Waals surface area (Å²) in [6.07, 6.45) is 1.63. The molecule has 2 rings (SSSR count). The third-order valence-corrected chi connectivity index (χ3v) is 3.33. The lowest BCUT2D eigenvalue weighted by Crippen LogP contribution is -2.34. The molecule has 110 valence electrons. The fourth-order valence-corrected chi connectivity index (χ4v) is 2.48. The molecule has 0 saturated carbocycles. The van der Waals surface area contributed by atoms with Crippen LogP contribution in [0, 0.1) is 0 Å². The molecule has 1 aromatic rings. The summed E-state index contributed by atoms with van der Waals surface area (Å²) in [5, 5.41) is 10.4. The lowest BCUT2D eigenvalue weighted by molar-refractivity contribution is 0.0446. The van der Waals surface area contributed by atoms with Gasteiger partial charge in [-0.25, -0.2) is 0 Å². The molecule has 1 unspecified atom stereocenters. The lowest BCUT2D eigenvalue weighted by atomic mass is 10.1. The summed E-state index contributed by atoms with van der Waals surface area (Å²) >= 11 is 5.99. The number of methoxy groups -OCH3 is 1. The molecular weight excluding hydrogens is 278 g/mol. The summed E-state index contributed by atoms with van der Waals surface area (Å²) in [7, 11) is 3.55. The van der Waals surface area contributed by atoms with E-state index >= 15 is 0 Å². The van der Waals surface area contributed by atoms with Gasteiger partial charge >= 0.3 is 0 Å². The molecule has 0 saturated heterocycles. The average molecular weight is 298 g/mol. The van der Waals surface area contributed by atoms with Gasteiger partial charge in [0.25, 0.3) is 0 Å². The Morgan fingerprint density at radius 1 is 1.50 bits per heavy atom. The number of aliphatic hydroxyl groups is 1. The Kier molecular flexibility index (Phi) is 5.43. The van der Waals surface area contributed by atoms with Crippen LogP contribution in [0.15, 0.2) is 23.8 Å². The van der Waals surface area contributed by atoms with Crippen molar-refractivity contribution < 1.29 is 14.6 Å². The van der Waals surface area contributed by atoms with Crippen molar-refractivity contribution in [1.29, 1.82) is 0 Å². The van der Waals surface area contributed by atoms with Crippen molar-refractivity contribution >= 4 is 17.7 Å². The highest BCUT2D eigenvalue weighted by Crippen LogP contribution is 2.29. The quantitative estimate of drug-likeness (QED) is 0.873. The van der Waals surface area contributed by atoms with E-state index in [2.05, 4.69) is 11.0 Å². The van der Waals surface area contributed by atoms with Gasteiger partial charge in [0.15, 0.2) is 0 Å². The number of nitrogens with zero attached hydrogens (tertiary/aromatic N) is 1. The van der Waals surface area contributed by atoms with E-state index in [0.29, 0.717) is 24.8 Å². The summed E-state index contributed by atoms with van der Waals surface area (Å²) in [5.74, 6) is 0.861. The molecule has 0 radical (unpaired) electrons. The van der Waals surface area contributed by atoms with Crippen molar-refractivity contribution in [2.45, 2.75) is 6.10 Å². The monoisotopic (exact) mass is 297 g/mol. The molecule has 0 spiro atoms. The second-order valence-electron chi connectivity index (χ2n) is 5.08. The zero-order valence-electron chi connectivity index (χ0n) is 11.8. The van der Waals surface area contributed by atoms with Crippen LogP contribution in [0.2, 0.25) is 5.02 Å². The summed E-state index contributed by atoms with van der Waals surface area (Å²) in [5.41, 5.74) is 2.16. The van der Waals surface area contributed by atoms with E-state index < -0.39 is 6.10 Å². The fourth-order valence-electron chi connectivity index (χ4n) is 2.30. The first kappa shape index (κ1) is 15.3. The van der Waals surface area contributed by atoms with E-state index in [0.717, 1.165) is 23.4 Å². The second-order valence-corrected chi connectivity index (χ2v) is 5.52. The summed E-state index contributed by atoms with van der Waals surface area (Å²) < 4.78 is 10.6. The summed E-state index contributed by atoms with van der Waals surface area (Å²) in [6, 6.07) is 5.61. The van der Waals surface area contributed by atoms with Gasteiger partial charge in [0, 0.05) is 30.8 Å². The number of rotatable bonds is 6. The number of benzene rings is 1. The molecule has 0 aromatic heterocycles. The van der Waals surface area contributed by atoms with Gasteiger partial charge in [-0.3, -0.25) is 4.90 Å². The number of hydrogen-bond donors (Lipinski definition) is 1. The Hall–Kier alpha value is -1.07. The van der Waals surface area contributed by atoms with E-state index in [4.69, 9.17) is 21.1 Å². The van der Waals surface area contributed by atoms with Crippen molar-refractivity contribution in [2.75, 3.05) is 40.5 Å². The van der Waals surface area contributed by atoms with Crippen LogP contribution in [0.3, 0.4) is 0 Å². The van der Waals surface area contributed by atoms with Crippen LogP contribution in [0.5, 0.6) is 5.75 Å². The zero-order chi connectivity index (χ0) is 14.5. The number of likely N-dealkylation sites (N-methyl/N-ethyl adjacent to an activating group) is 1. The highest BCUT2D eigenvalue weighted by atomic mass is 35.5. The molecule has 1 aromatic carbocycles. The van der Waals surface area contributed by atoms with Crippen LogP contribution in [0.1, 0.15) is 5.56 Å². The number of fused-ring (bicyclic) bond motifs is 1. The maximum atomic E-state index is 9.71. The minimum Gasteiger partial charge on any atom is -0.489 e. The van der Waals surface area contributed by atoms with Crippen molar-refractivity contribution in [3.05, 3.63) is 34.4 Å². The van der Waals surface area contributed by atoms with Crippen LogP contribution in [-0.2, 0) is 4.74 Å². The van der Waals surface area contributed by atoms with Crippen LogP contribution in [0.4, 0.5) is 0 Å². The standard InChI is InChI=1S/C15H20ClNO3/c1-17(8-14(18)10-19-2)7-11-5-12-6-13(16)3-4-15(12)20-9-11/h3-6,14,18H,7-10H2,1-2H3. The molecule has 0 amide bonds. The van der Waals surface area contributed by atoms with E-state index in [1.165, 1.54) is 0 Å². The van der Waals surface area contributed by atoms with Gasteiger partial charge in [-0.2, -0.15) is 0 Å². The minimum atomic E-state index is -0.475. The molecule has 0 aliphatic carbocycles. The predicted octanol–water partition coefficient (Wildman–Crippen LogP) is 2.05. The normalized spacial score (nSPS) is 15.6. The molecule has 5 heteroatoms.